The van der Waals surface area contributed by atoms with Crippen molar-refractivity contribution in [3.63, 3.8) is 0 Å². The van der Waals surface area contributed by atoms with Crippen LogP contribution in [0.4, 0.5) is 0 Å². The average molecular weight is 242 g/mol. The van der Waals surface area contributed by atoms with Gasteiger partial charge in [0.1, 0.15) is 0 Å². The zero-order chi connectivity index (χ0) is 10.6. The molecule has 2 nitrogen and oxygen atoms in total. The van der Waals surface area contributed by atoms with E-state index < -0.39 is 0 Å². The summed E-state index contributed by atoms with van der Waals surface area (Å²) in [7, 11) is 0. The third-order valence-electron chi connectivity index (χ3n) is 2.30. The summed E-state index contributed by atoms with van der Waals surface area (Å²) < 4.78 is 4.85. The molecule has 0 amide bonds. The van der Waals surface area contributed by atoms with Crippen LogP contribution in [-0.4, -0.2) is 50.3 Å². The standard InChI is InChI=1S/C12H24O2.Ca.2H/c1-3-4-5-6-7-8-9-10-11-14-12(2)13;;;/h3-11H2,1-2H3;;;. The van der Waals surface area contributed by atoms with E-state index in [2.05, 4.69) is 6.92 Å². The molecule has 0 saturated carbocycles. The van der Waals surface area contributed by atoms with Crippen LogP contribution < -0.4 is 0 Å². The maximum absolute atomic E-state index is 10.4. The normalized spacial score (nSPS) is 9.47. The zero-order valence-electron chi connectivity index (χ0n) is 9.68. The Morgan fingerprint density at radius 2 is 1.40 bits per heavy atom. The SMILES string of the molecule is CCCCCCCCCCOC(C)=O.[CaH2]. The summed E-state index contributed by atoms with van der Waals surface area (Å²) in [5.41, 5.74) is 0. The molecule has 0 aromatic rings. The first-order valence-corrected chi connectivity index (χ1v) is 5.90. The first-order chi connectivity index (χ1) is 6.77. The second-order valence-corrected chi connectivity index (χ2v) is 3.81. The number of esters is 1. The van der Waals surface area contributed by atoms with Crippen LogP contribution in [0.3, 0.4) is 0 Å². The summed E-state index contributed by atoms with van der Waals surface area (Å²) >= 11 is 0. The second kappa shape index (κ2) is 14.7. The summed E-state index contributed by atoms with van der Waals surface area (Å²) in [5, 5.41) is 0. The minimum atomic E-state index is -0.159. The minimum absolute atomic E-state index is 0. The van der Waals surface area contributed by atoms with Gasteiger partial charge in [-0.2, -0.15) is 0 Å². The van der Waals surface area contributed by atoms with Gasteiger partial charge in [0.15, 0.2) is 0 Å². The fourth-order valence-electron chi connectivity index (χ4n) is 1.45. The fourth-order valence-corrected chi connectivity index (χ4v) is 1.45. The summed E-state index contributed by atoms with van der Waals surface area (Å²) in [6.45, 7) is 4.30. The van der Waals surface area contributed by atoms with Gasteiger partial charge in [-0.25, -0.2) is 0 Å². The van der Waals surface area contributed by atoms with Crippen LogP contribution in [0, 0.1) is 0 Å². The number of hydrogen-bond donors (Lipinski definition) is 0. The number of carbonyl (C=O) groups is 1. The van der Waals surface area contributed by atoms with Gasteiger partial charge in [0.05, 0.1) is 6.61 Å². The number of carbonyl (C=O) groups excluding carboxylic acids is 1. The maximum atomic E-state index is 10.4. The average Bonchev–Trinajstić information content (AvgIpc) is 2.15. The van der Waals surface area contributed by atoms with E-state index in [1.807, 2.05) is 0 Å². The Hall–Kier alpha value is 0.730. The van der Waals surface area contributed by atoms with Gasteiger partial charge in [0.2, 0.25) is 0 Å². The number of ether oxygens (including phenoxy) is 1. The Bertz CT molecular complexity index is 138. The van der Waals surface area contributed by atoms with E-state index >= 15 is 0 Å². The molecule has 0 aliphatic heterocycles. The summed E-state index contributed by atoms with van der Waals surface area (Å²) in [5.74, 6) is -0.159. The van der Waals surface area contributed by atoms with E-state index in [-0.39, 0.29) is 43.7 Å². The predicted octanol–water partition coefficient (Wildman–Crippen LogP) is 2.77. The molecule has 15 heavy (non-hydrogen) atoms. The van der Waals surface area contributed by atoms with Gasteiger partial charge in [-0.05, 0) is 6.42 Å². The van der Waals surface area contributed by atoms with Crippen molar-refractivity contribution in [3.8, 4) is 0 Å². The monoisotopic (exact) mass is 242 g/mol. The fraction of sp³-hybridized carbons (Fsp3) is 0.917. The molecule has 0 spiro atoms. The molecular weight excluding hydrogens is 216 g/mol. The molecule has 0 aromatic heterocycles. The molecule has 0 unspecified atom stereocenters. The Labute approximate surface area is 124 Å². The molecular formula is C12H26CaO2. The van der Waals surface area contributed by atoms with Crippen molar-refractivity contribution in [2.45, 2.75) is 65.2 Å². The van der Waals surface area contributed by atoms with Crippen LogP contribution in [0.2, 0.25) is 0 Å². The van der Waals surface area contributed by atoms with Gasteiger partial charge in [-0.1, -0.05) is 51.9 Å². The summed E-state index contributed by atoms with van der Waals surface area (Å²) in [4.78, 5) is 10.4. The van der Waals surface area contributed by atoms with E-state index in [1.165, 1.54) is 51.9 Å². The number of hydrogen-bond acceptors (Lipinski definition) is 2. The van der Waals surface area contributed by atoms with Crippen molar-refractivity contribution < 1.29 is 9.53 Å². The Morgan fingerprint density at radius 3 is 1.87 bits per heavy atom. The molecule has 0 radical (unpaired) electrons. The molecule has 0 heterocycles. The van der Waals surface area contributed by atoms with Gasteiger partial charge in [-0.15, -0.1) is 0 Å². The third kappa shape index (κ3) is 17.3. The van der Waals surface area contributed by atoms with Crippen LogP contribution in [0.25, 0.3) is 0 Å². The van der Waals surface area contributed by atoms with Crippen molar-refractivity contribution >= 4 is 43.7 Å². The van der Waals surface area contributed by atoms with E-state index in [1.54, 1.807) is 0 Å². The molecule has 0 N–H and O–H groups in total. The number of unbranched alkanes of at least 4 members (excludes halogenated alkanes) is 7. The Balaban J connectivity index is 0. The number of rotatable bonds is 9. The molecule has 88 valence electrons. The van der Waals surface area contributed by atoms with Gasteiger partial charge < -0.3 is 4.74 Å². The molecule has 0 atom stereocenters. The van der Waals surface area contributed by atoms with E-state index in [4.69, 9.17) is 4.74 Å². The van der Waals surface area contributed by atoms with Crippen molar-refractivity contribution in [2.24, 2.45) is 0 Å². The molecule has 0 aliphatic rings. The first kappa shape index (κ1) is 18.1. The first-order valence-electron chi connectivity index (χ1n) is 5.90. The van der Waals surface area contributed by atoms with Gasteiger partial charge in [0.25, 0.3) is 0 Å². The van der Waals surface area contributed by atoms with Crippen molar-refractivity contribution in [1.29, 1.82) is 0 Å². The van der Waals surface area contributed by atoms with Crippen LogP contribution >= 0.6 is 0 Å². The van der Waals surface area contributed by atoms with Crippen LogP contribution in [0.15, 0.2) is 0 Å². The van der Waals surface area contributed by atoms with E-state index in [9.17, 15) is 4.79 Å². The topological polar surface area (TPSA) is 26.3 Å². The van der Waals surface area contributed by atoms with E-state index in [0.717, 1.165) is 6.42 Å². The van der Waals surface area contributed by atoms with Crippen LogP contribution in [-0.2, 0) is 9.53 Å². The molecule has 0 bridgehead atoms. The van der Waals surface area contributed by atoms with Crippen molar-refractivity contribution in [1.82, 2.24) is 0 Å². The van der Waals surface area contributed by atoms with E-state index in [0.29, 0.717) is 6.61 Å². The molecule has 0 saturated heterocycles. The van der Waals surface area contributed by atoms with Gasteiger partial charge in [0, 0.05) is 6.92 Å². The van der Waals surface area contributed by atoms with Crippen LogP contribution in [0.5, 0.6) is 0 Å². The summed E-state index contributed by atoms with van der Waals surface area (Å²) in [6, 6.07) is 0. The second-order valence-electron chi connectivity index (χ2n) is 3.81. The van der Waals surface area contributed by atoms with Crippen molar-refractivity contribution in [3.05, 3.63) is 0 Å². The zero-order valence-corrected chi connectivity index (χ0v) is 9.68. The molecule has 0 rings (SSSR count). The molecule has 0 fully saturated rings. The summed E-state index contributed by atoms with van der Waals surface area (Å²) in [6.07, 6.45) is 10.2. The predicted molar refractivity (Wildman–Crippen MR) is 67.8 cm³/mol. The molecule has 0 aromatic carbocycles. The van der Waals surface area contributed by atoms with Crippen LogP contribution in [0.1, 0.15) is 65.2 Å². The van der Waals surface area contributed by atoms with Gasteiger partial charge >= 0.3 is 43.7 Å². The quantitative estimate of drug-likeness (QED) is 0.353. The Morgan fingerprint density at radius 1 is 0.933 bits per heavy atom. The third-order valence-corrected chi connectivity index (χ3v) is 2.30. The van der Waals surface area contributed by atoms with Gasteiger partial charge in [-0.3, -0.25) is 4.79 Å². The van der Waals surface area contributed by atoms with Crippen molar-refractivity contribution in [2.75, 3.05) is 6.61 Å². The Kier molecular flexibility index (Phi) is 17.8. The molecule has 0 aliphatic carbocycles. The molecule has 3 heteroatoms.